The van der Waals surface area contributed by atoms with Crippen LogP contribution in [-0.2, 0) is 23.8 Å². The Morgan fingerprint density at radius 2 is 1.94 bits per heavy atom. The van der Waals surface area contributed by atoms with Crippen molar-refractivity contribution < 1.29 is 23.8 Å². The molecule has 5 heteroatoms. The van der Waals surface area contributed by atoms with Crippen LogP contribution in [0.1, 0.15) is 20.8 Å². The van der Waals surface area contributed by atoms with Gasteiger partial charge in [0.05, 0.1) is 13.2 Å². The second-order valence-corrected chi connectivity index (χ2v) is 3.26. The minimum atomic E-state index is -0.337. The Morgan fingerprint density at radius 3 is 2.19 bits per heavy atom. The summed E-state index contributed by atoms with van der Waals surface area (Å²) < 4.78 is 14.0. The third-order valence-electron chi connectivity index (χ3n) is 1.50. The van der Waals surface area contributed by atoms with Crippen molar-refractivity contribution in [2.24, 2.45) is 0 Å². The lowest BCUT2D eigenvalue weighted by molar-refractivity contribution is -0.140. The molecular formula is C11H18O5. The zero-order valence-electron chi connectivity index (χ0n) is 9.95. The van der Waals surface area contributed by atoms with Gasteiger partial charge in [-0.25, -0.2) is 4.79 Å². The second-order valence-electron chi connectivity index (χ2n) is 3.26. The molecule has 0 N–H and O–H groups in total. The lowest BCUT2D eigenvalue weighted by Gasteiger charge is -1.99. The highest BCUT2D eigenvalue weighted by Gasteiger charge is 2.24. The van der Waals surface area contributed by atoms with E-state index in [1.54, 1.807) is 13.8 Å². The number of rotatable bonds is 4. The highest BCUT2D eigenvalue weighted by Crippen LogP contribution is 2.09. The van der Waals surface area contributed by atoms with Gasteiger partial charge in [0.15, 0.2) is 0 Å². The van der Waals surface area contributed by atoms with Crippen LogP contribution in [0.5, 0.6) is 0 Å². The largest absolute Gasteiger partial charge is 0.466 e. The maximum Gasteiger partial charge on any atom is 0.333 e. The Bertz CT molecular complexity index is 255. The molecule has 1 aliphatic rings. The summed E-state index contributed by atoms with van der Waals surface area (Å²) in [6, 6.07) is 0. The summed E-state index contributed by atoms with van der Waals surface area (Å²) in [5.41, 5.74) is 0.431. The van der Waals surface area contributed by atoms with Crippen molar-refractivity contribution in [1.29, 1.82) is 0 Å². The summed E-state index contributed by atoms with van der Waals surface area (Å²) in [5.74, 6) is -0.548. The number of ether oxygens (including phenoxy) is 3. The first kappa shape index (κ1) is 14.6. The molecule has 1 heterocycles. The monoisotopic (exact) mass is 230 g/mol. The molecule has 1 fully saturated rings. The minimum Gasteiger partial charge on any atom is -0.466 e. The second kappa shape index (κ2) is 7.87. The molecule has 1 rings (SSSR count). The van der Waals surface area contributed by atoms with Gasteiger partial charge in [0.25, 0.3) is 0 Å². The highest BCUT2D eigenvalue weighted by atomic mass is 16.6. The molecule has 16 heavy (non-hydrogen) atoms. The van der Waals surface area contributed by atoms with Crippen molar-refractivity contribution >= 4 is 11.9 Å². The number of hydrogen-bond donors (Lipinski definition) is 0. The van der Waals surface area contributed by atoms with Gasteiger partial charge in [-0.2, -0.15) is 0 Å². The number of epoxide rings is 1. The fourth-order valence-corrected chi connectivity index (χ4v) is 0.659. The normalized spacial score (nSPS) is 16.6. The van der Waals surface area contributed by atoms with E-state index >= 15 is 0 Å². The van der Waals surface area contributed by atoms with Crippen LogP contribution >= 0.6 is 0 Å². The average Bonchev–Trinajstić information content (AvgIpc) is 2.98. The summed E-state index contributed by atoms with van der Waals surface area (Å²) in [6.45, 7) is 9.79. The van der Waals surface area contributed by atoms with Crippen molar-refractivity contribution in [3.63, 3.8) is 0 Å². The number of esters is 2. The van der Waals surface area contributed by atoms with E-state index in [0.717, 1.165) is 0 Å². The van der Waals surface area contributed by atoms with Crippen LogP contribution in [0.15, 0.2) is 12.2 Å². The first-order valence-electron chi connectivity index (χ1n) is 5.05. The van der Waals surface area contributed by atoms with E-state index in [1.807, 2.05) is 0 Å². The lowest BCUT2D eigenvalue weighted by Crippen LogP contribution is -2.09. The third kappa shape index (κ3) is 9.21. The molecule has 92 valence electrons. The van der Waals surface area contributed by atoms with Gasteiger partial charge in [0, 0.05) is 12.5 Å². The molecule has 0 aromatic heterocycles. The molecule has 0 saturated carbocycles. The van der Waals surface area contributed by atoms with Gasteiger partial charge in [-0.1, -0.05) is 6.58 Å². The topological polar surface area (TPSA) is 65.1 Å². The van der Waals surface area contributed by atoms with Gasteiger partial charge in [-0.15, -0.1) is 0 Å². The molecule has 0 radical (unpaired) electrons. The lowest BCUT2D eigenvalue weighted by atomic mass is 10.4. The van der Waals surface area contributed by atoms with E-state index in [2.05, 4.69) is 11.3 Å². The van der Waals surface area contributed by atoms with Crippen LogP contribution in [0.25, 0.3) is 0 Å². The molecule has 1 unspecified atom stereocenters. The Balaban J connectivity index is 0.000000325. The van der Waals surface area contributed by atoms with E-state index in [9.17, 15) is 9.59 Å². The number of carbonyl (C=O) groups excluding carboxylic acids is 2. The zero-order chi connectivity index (χ0) is 12.6. The molecule has 0 aliphatic carbocycles. The fourth-order valence-electron chi connectivity index (χ4n) is 0.659. The molecule has 0 spiro atoms. The van der Waals surface area contributed by atoms with Crippen LogP contribution in [0.3, 0.4) is 0 Å². The Labute approximate surface area is 95.4 Å². The smallest absolute Gasteiger partial charge is 0.333 e. The molecule has 0 aromatic carbocycles. The van der Waals surface area contributed by atoms with Crippen molar-refractivity contribution in [3.8, 4) is 0 Å². The van der Waals surface area contributed by atoms with Crippen LogP contribution in [0.4, 0.5) is 0 Å². The van der Waals surface area contributed by atoms with E-state index in [0.29, 0.717) is 25.4 Å². The SMILES string of the molecule is C=C(C)C(=O)OCC1CO1.CCOC(C)=O. The molecule has 1 atom stereocenters. The first-order valence-corrected chi connectivity index (χ1v) is 5.05. The van der Waals surface area contributed by atoms with Crippen LogP contribution in [-0.4, -0.2) is 37.9 Å². The van der Waals surface area contributed by atoms with Crippen LogP contribution < -0.4 is 0 Å². The molecule has 0 amide bonds. The van der Waals surface area contributed by atoms with E-state index in [1.165, 1.54) is 6.92 Å². The molecule has 1 saturated heterocycles. The summed E-state index contributed by atoms with van der Waals surface area (Å²) >= 11 is 0. The summed E-state index contributed by atoms with van der Waals surface area (Å²) in [7, 11) is 0. The minimum absolute atomic E-state index is 0.142. The maximum absolute atomic E-state index is 10.7. The summed E-state index contributed by atoms with van der Waals surface area (Å²) in [4.78, 5) is 20.5. The standard InChI is InChI=1S/C7H10O3.C4H8O2/c1-5(2)7(8)10-4-6-3-9-6;1-3-6-4(2)5/h6H,1,3-4H2,2H3;3H2,1-2H3. The highest BCUT2D eigenvalue weighted by molar-refractivity contribution is 5.86. The van der Waals surface area contributed by atoms with Crippen molar-refractivity contribution in [2.45, 2.75) is 26.9 Å². The van der Waals surface area contributed by atoms with Crippen molar-refractivity contribution in [2.75, 3.05) is 19.8 Å². The van der Waals surface area contributed by atoms with E-state index < -0.39 is 0 Å². The quantitative estimate of drug-likeness (QED) is 0.410. The van der Waals surface area contributed by atoms with Gasteiger partial charge in [-0.3, -0.25) is 4.79 Å². The molecular weight excluding hydrogens is 212 g/mol. The summed E-state index contributed by atoms with van der Waals surface area (Å²) in [5, 5.41) is 0. The third-order valence-corrected chi connectivity index (χ3v) is 1.50. The fraction of sp³-hybridized carbons (Fsp3) is 0.636. The van der Waals surface area contributed by atoms with Crippen LogP contribution in [0.2, 0.25) is 0 Å². The predicted octanol–water partition coefficient (Wildman–Crippen LogP) is 1.07. The van der Waals surface area contributed by atoms with Gasteiger partial charge < -0.3 is 14.2 Å². The zero-order valence-corrected chi connectivity index (χ0v) is 9.95. The summed E-state index contributed by atoms with van der Waals surface area (Å²) in [6.07, 6.45) is 0.142. The van der Waals surface area contributed by atoms with Gasteiger partial charge in [-0.05, 0) is 13.8 Å². The first-order chi connectivity index (χ1) is 7.47. The maximum atomic E-state index is 10.7. The predicted molar refractivity (Wildman–Crippen MR) is 57.8 cm³/mol. The van der Waals surface area contributed by atoms with Gasteiger partial charge >= 0.3 is 11.9 Å². The van der Waals surface area contributed by atoms with Crippen LogP contribution in [0, 0.1) is 0 Å². The Morgan fingerprint density at radius 1 is 1.38 bits per heavy atom. The molecule has 1 aliphatic heterocycles. The number of hydrogen-bond acceptors (Lipinski definition) is 5. The average molecular weight is 230 g/mol. The van der Waals surface area contributed by atoms with Crippen molar-refractivity contribution in [1.82, 2.24) is 0 Å². The van der Waals surface area contributed by atoms with Gasteiger partial charge in [0.2, 0.25) is 0 Å². The number of carbonyl (C=O) groups is 2. The molecule has 5 nitrogen and oxygen atoms in total. The molecule has 0 bridgehead atoms. The Hall–Kier alpha value is -1.36. The Kier molecular flexibility index (Phi) is 7.20. The van der Waals surface area contributed by atoms with E-state index in [4.69, 9.17) is 9.47 Å². The van der Waals surface area contributed by atoms with Gasteiger partial charge in [0.1, 0.15) is 12.7 Å². The van der Waals surface area contributed by atoms with Crippen molar-refractivity contribution in [3.05, 3.63) is 12.2 Å². The van der Waals surface area contributed by atoms with E-state index in [-0.39, 0.29) is 18.0 Å². The molecule has 0 aromatic rings.